The zero-order valence-electron chi connectivity index (χ0n) is 8.99. The zero-order valence-corrected chi connectivity index (χ0v) is 8.99. The Hall–Kier alpha value is -0.830. The van der Waals surface area contributed by atoms with Gasteiger partial charge in [0.05, 0.1) is 5.92 Å². The molecule has 1 rings (SSSR count). The van der Waals surface area contributed by atoms with Crippen LogP contribution in [0, 0.1) is 11.8 Å². The molecule has 0 aromatic carbocycles. The van der Waals surface area contributed by atoms with Crippen molar-refractivity contribution in [1.29, 1.82) is 0 Å². The summed E-state index contributed by atoms with van der Waals surface area (Å²) in [4.78, 5) is 11.1. The fraction of sp³-hybridized carbons (Fsp3) is 0.727. The molecule has 0 spiro atoms. The van der Waals surface area contributed by atoms with Gasteiger partial charge in [-0.15, -0.1) is 0 Å². The minimum Gasteiger partial charge on any atom is -0.428 e. The third kappa shape index (κ3) is 2.35. The summed E-state index contributed by atoms with van der Waals surface area (Å²) in [6, 6.07) is 0. The van der Waals surface area contributed by atoms with E-state index in [1.807, 2.05) is 6.08 Å². The van der Waals surface area contributed by atoms with Gasteiger partial charge in [0.2, 0.25) is 0 Å². The van der Waals surface area contributed by atoms with E-state index in [1.54, 1.807) is 6.92 Å². The number of hydrogen-bond acceptors (Lipinski definition) is 3. The number of rotatable bonds is 3. The van der Waals surface area contributed by atoms with Gasteiger partial charge in [-0.3, -0.25) is 4.79 Å². The summed E-state index contributed by atoms with van der Waals surface area (Å²) in [5, 5.41) is 9.63. The smallest absolute Gasteiger partial charge is 0.316 e. The number of cyclic esters (lactones) is 1. The lowest BCUT2D eigenvalue weighted by Crippen LogP contribution is -2.16. The van der Waals surface area contributed by atoms with Crippen LogP contribution in [0.1, 0.15) is 33.6 Å². The van der Waals surface area contributed by atoms with Crippen molar-refractivity contribution in [2.75, 3.05) is 0 Å². The zero-order chi connectivity index (χ0) is 10.7. The van der Waals surface area contributed by atoms with Crippen LogP contribution in [-0.2, 0) is 9.53 Å². The van der Waals surface area contributed by atoms with Crippen LogP contribution in [0.4, 0.5) is 0 Å². The predicted molar refractivity (Wildman–Crippen MR) is 53.4 cm³/mol. The van der Waals surface area contributed by atoms with Gasteiger partial charge in [0.1, 0.15) is 11.9 Å². The number of aliphatic hydroxyl groups excluding tert-OH is 1. The number of esters is 1. The second-order valence-corrected chi connectivity index (χ2v) is 3.99. The molecule has 1 aliphatic heterocycles. The van der Waals surface area contributed by atoms with Crippen molar-refractivity contribution < 1.29 is 14.6 Å². The Balaban J connectivity index is 2.65. The third-order valence-electron chi connectivity index (χ3n) is 2.55. The molecule has 1 N–H and O–H groups in total. The number of allylic oxidation sites excluding steroid dienone is 1. The number of carbonyl (C=O) groups excluding carboxylic acids is 1. The molecule has 3 heteroatoms. The molecule has 3 atom stereocenters. The first-order chi connectivity index (χ1) is 6.56. The van der Waals surface area contributed by atoms with Crippen molar-refractivity contribution in [2.45, 2.75) is 39.7 Å². The van der Waals surface area contributed by atoms with Gasteiger partial charge < -0.3 is 9.84 Å². The highest BCUT2D eigenvalue weighted by Gasteiger charge is 2.36. The highest BCUT2D eigenvalue weighted by Crippen LogP contribution is 2.26. The molecule has 3 nitrogen and oxygen atoms in total. The summed E-state index contributed by atoms with van der Waals surface area (Å²) in [5.74, 6) is 0.0359. The molecule has 2 unspecified atom stereocenters. The van der Waals surface area contributed by atoms with E-state index in [4.69, 9.17) is 4.74 Å². The van der Waals surface area contributed by atoms with Crippen molar-refractivity contribution in [2.24, 2.45) is 11.8 Å². The monoisotopic (exact) mass is 198 g/mol. The molecule has 0 bridgehead atoms. The van der Waals surface area contributed by atoms with E-state index >= 15 is 0 Å². The lowest BCUT2D eigenvalue weighted by atomic mass is 10.0. The molecule has 0 saturated carbocycles. The second kappa shape index (κ2) is 4.60. The molecular weight excluding hydrogens is 180 g/mol. The van der Waals surface area contributed by atoms with E-state index in [0.717, 1.165) is 12.8 Å². The van der Waals surface area contributed by atoms with Gasteiger partial charge >= 0.3 is 5.97 Å². The fourth-order valence-corrected chi connectivity index (χ4v) is 1.60. The lowest BCUT2D eigenvalue weighted by Gasteiger charge is -2.07. The molecule has 0 aromatic rings. The maximum Gasteiger partial charge on any atom is 0.316 e. The van der Waals surface area contributed by atoms with Crippen molar-refractivity contribution in [3.63, 3.8) is 0 Å². The van der Waals surface area contributed by atoms with E-state index < -0.39 is 12.0 Å². The first kappa shape index (κ1) is 11.2. The van der Waals surface area contributed by atoms with Gasteiger partial charge in [0.15, 0.2) is 0 Å². The number of aliphatic hydroxyl groups is 1. The van der Waals surface area contributed by atoms with Crippen molar-refractivity contribution in [3.8, 4) is 0 Å². The SMILES string of the molecule is CCC[C@@H](C)/C=C1\OC(=O)C(C)C1O. The normalized spacial score (nSPS) is 32.0. The van der Waals surface area contributed by atoms with Gasteiger partial charge in [0.25, 0.3) is 0 Å². The number of ether oxygens (including phenoxy) is 1. The Bertz CT molecular complexity index is 245. The molecule has 80 valence electrons. The van der Waals surface area contributed by atoms with Gasteiger partial charge in [0, 0.05) is 0 Å². The average molecular weight is 198 g/mol. The molecule has 1 aliphatic rings. The van der Waals surface area contributed by atoms with Crippen LogP contribution in [0.3, 0.4) is 0 Å². The van der Waals surface area contributed by atoms with Gasteiger partial charge in [-0.1, -0.05) is 20.3 Å². The molecule has 0 radical (unpaired) electrons. The molecule has 0 aromatic heterocycles. The van der Waals surface area contributed by atoms with Crippen LogP contribution in [0.25, 0.3) is 0 Å². The molecule has 0 amide bonds. The number of hydrogen-bond donors (Lipinski definition) is 1. The minimum absolute atomic E-state index is 0.326. The Morgan fingerprint density at radius 2 is 2.29 bits per heavy atom. The van der Waals surface area contributed by atoms with Crippen molar-refractivity contribution >= 4 is 5.97 Å². The van der Waals surface area contributed by atoms with Gasteiger partial charge in [-0.25, -0.2) is 0 Å². The quantitative estimate of drug-likeness (QED) is 0.704. The Labute approximate surface area is 84.8 Å². The largest absolute Gasteiger partial charge is 0.428 e. The summed E-state index contributed by atoms with van der Waals surface area (Å²) >= 11 is 0. The van der Waals surface area contributed by atoms with E-state index in [0.29, 0.717) is 11.7 Å². The molecule has 1 heterocycles. The lowest BCUT2D eigenvalue weighted by molar-refractivity contribution is -0.138. The predicted octanol–water partition coefficient (Wildman–Crippen LogP) is 1.86. The second-order valence-electron chi connectivity index (χ2n) is 3.99. The molecule has 1 fully saturated rings. The highest BCUT2D eigenvalue weighted by atomic mass is 16.6. The van der Waals surface area contributed by atoms with Crippen LogP contribution in [0.5, 0.6) is 0 Å². The minimum atomic E-state index is -0.748. The van der Waals surface area contributed by atoms with Crippen LogP contribution >= 0.6 is 0 Å². The summed E-state index contributed by atoms with van der Waals surface area (Å²) in [5.41, 5.74) is 0. The van der Waals surface area contributed by atoms with E-state index in [9.17, 15) is 9.90 Å². The highest BCUT2D eigenvalue weighted by molar-refractivity contribution is 5.77. The first-order valence-corrected chi connectivity index (χ1v) is 5.17. The molecule has 0 aliphatic carbocycles. The molecule has 14 heavy (non-hydrogen) atoms. The Morgan fingerprint density at radius 3 is 2.71 bits per heavy atom. The summed E-state index contributed by atoms with van der Waals surface area (Å²) in [6.45, 7) is 5.84. The Kier molecular flexibility index (Phi) is 3.69. The van der Waals surface area contributed by atoms with E-state index in [2.05, 4.69) is 13.8 Å². The van der Waals surface area contributed by atoms with Gasteiger partial charge in [-0.05, 0) is 25.3 Å². The van der Waals surface area contributed by atoms with Crippen LogP contribution in [-0.4, -0.2) is 17.2 Å². The molecular formula is C11H18O3. The number of carbonyl (C=O) groups is 1. The summed E-state index contributed by atoms with van der Waals surface area (Å²) in [7, 11) is 0. The summed E-state index contributed by atoms with van der Waals surface area (Å²) < 4.78 is 4.98. The van der Waals surface area contributed by atoms with Crippen LogP contribution in [0.2, 0.25) is 0 Å². The summed E-state index contributed by atoms with van der Waals surface area (Å²) in [6.07, 6.45) is 3.24. The van der Waals surface area contributed by atoms with Crippen molar-refractivity contribution in [3.05, 3.63) is 11.8 Å². The fourth-order valence-electron chi connectivity index (χ4n) is 1.60. The maximum absolute atomic E-state index is 11.1. The topological polar surface area (TPSA) is 46.5 Å². The van der Waals surface area contributed by atoms with Crippen molar-refractivity contribution in [1.82, 2.24) is 0 Å². The first-order valence-electron chi connectivity index (χ1n) is 5.17. The van der Waals surface area contributed by atoms with Gasteiger partial charge in [-0.2, -0.15) is 0 Å². The van der Waals surface area contributed by atoms with Crippen LogP contribution < -0.4 is 0 Å². The maximum atomic E-state index is 11.1. The molecule has 1 saturated heterocycles. The third-order valence-corrected chi connectivity index (χ3v) is 2.55. The van der Waals surface area contributed by atoms with E-state index in [1.165, 1.54) is 0 Å². The standard InChI is InChI=1S/C11H18O3/c1-4-5-7(2)6-9-10(12)8(3)11(13)14-9/h6-8,10,12H,4-5H2,1-3H3/b9-6-/t7-,8?,10?/m1/s1. The van der Waals surface area contributed by atoms with E-state index in [-0.39, 0.29) is 5.97 Å². The Morgan fingerprint density at radius 1 is 1.64 bits per heavy atom. The van der Waals surface area contributed by atoms with Crippen LogP contribution in [0.15, 0.2) is 11.8 Å². The average Bonchev–Trinajstić information content (AvgIpc) is 2.34.